The average Bonchev–Trinajstić information content (AvgIpc) is 2.43. The van der Waals surface area contributed by atoms with Crippen LogP contribution in [0.25, 0.3) is 0 Å². The van der Waals surface area contributed by atoms with E-state index in [1.165, 1.54) is 24.8 Å². The Labute approximate surface area is 74.6 Å². The first kappa shape index (κ1) is 7.85. The molecule has 0 aromatic heterocycles. The van der Waals surface area contributed by atoms with E-state index in [1.54, 1.807) is 11.1 Å². The van der Waals surface area contributed by atoms with Gasteiger partial charge >= 0.3 is 0 Å². The van der Waals surface area contributed by atoms with Crippen LogP contribution in [-0.4, -0.2) is 0 Å². The van der Waals surface area contributed by atoms with Gasteiger partial charge in [0.2, 0.25) is 0 Å². The Balaban J connectivity index is 2.35. The van der Waals surface area contributed by atoms with Crippen molar-refractivity contribution in [3.8, 4) is 0 Å². The van der Waals surface area contributed by atoms with E-state index in [4.69, 9.17) is 0 Å². The first-order chi connectivity index (χ1) is 5.79. The number of hydrogen-bond acceptors (Lipinski definition) is 0. The molecule has 0 nitrogen and oxygen atoms in total. The van der Waals surface area contributed by atoms with Gasteiger partial charge in [-0.2, -0.15) is 0 Å². The molecule has 0 amide bonds. The molecule has 64 valence electrons. The van der Waals surface area contributed by atoms with Crippen molar-refractivity contribution in [1.82, 2.24) is 0 Å². The zero-order valence-electron chi connectivity index (χ0n) is 7.93. The third-order valence-electron chi connectivity index (χ3n) is 2.82. The van der Waals surface area contributed by atoms with Crippen molar-refractivity contribution >= 4 is 0 Å². The first-order valence-electron chi connectivity index (χ1n) is 4.90. The molecule has 0 heteroatoms. The van der Waals surface area contributed by atoms with Crippen molar-refractivity contribution in [1.29, 1.82) is 0 Å². The smallest absolute Gasteiger partial charge is 0.0247 e. The van der Waals surface area contributed by atoms with Crippen LogP contribution in [0.15, 0.2) is 18.2 Å². The molecule has 1 unspecified atom stereocenters. The van der Waals surface area contributed by atoms with Gasteiger partial charge < -0.3 is 0 Å². The van der Waals surface area contributed by atoms with Crippen LogP contribution in [0.5, 0.6) is 0 Å². The third-order valence-corrected chi connectivity index (χ3v) is 2.82. The van der Waals surface area contributed by atoms with Crippen molar-refractivity contribution in [2.24, 2.45) is 5.92 Å². The lowest BCUT2D eigenvalue weighted by Crippen LogP contribution is -1.89. The van der Waals surface area contributed by atoms with Gasteiger partial charge in [0.05, 0.1) is 0 Å². The highest BCUT2D eigenvalue weighted by Crippen LogP contribution is 2.27. The summed E-state index contributed by atoms with van der Waals surface area (Å²) in [5.74, 6) is 0.868. The van der Waals surface area contributed by atoms with Gasteiger partial charge in [-0.3, -0.25) is 0 Å². The molecule has 0 saturated carbocycles. The van der Waals surface area contributed by atoms with E-state index >= 15 is 0 Å². The maximum Gasteiger partial charge on any atom is -0.0247 e. The lowest BCUT2D eigenvalue weighted by molar-refractivity contribution is 0.627. The SMILES string of the molecule is CCc1ccc2c(c1)CC(C)C2. The Morgan fingerprint density at radius 1 is 1.25 bits per heavy atom. The lowest BCUT2D eigenvalue weighted by atomic mass is 10.1. The van der Waals surface area contributed by atoms with E-state index in [0.29, 0.717) is 0 Å². The van der Waals surface area contributed by atoms with E-state index in [9.17, 15) is 0 Å². The summed E-state index contributed by atoms with van der Waals surface area (Å²) < 4.78 is 0. The average molecular weight is 160 g/mol. The minimum atomic E-state index is 0.868. The van der Waals surface area contributed by atoms with Gasteiger partial charge in [0, 0.05) is 0 Å². The maximum atomic E-state index is 2.39. The predicted octanol–water partition coefficient (Wildman–Crippen LogP) is 2.98. The molecule has 1 aromatic carbocycles. The number of aryl methyl sites for hydroxylation is 1. The molecule has 0 bridgehead atoms. The molecule has 0 aliphatic heterocycles. The summed E-state index contributed by atoms with van der Waals surface area (Å²) in [7, 11) is 0. The van der Waals surface area contributed by atoms with E-state index in [1.807, 2.05) is 0 Å². The molecule has 0 saturated heterocycles. The predicted molar refractivity (Wildman–Crippen MR) is 52.4 cm³/mol. The minimum Gasteiger partial charge on any atom is -0.0619 e. The van der Waals surface area contributed by atoms with Crippen LogP contribution >= 0.6 is 0 Å². The van der Waals surface area contributed by atoms with Gasteiger partial charge in [0.25, 0.3) is 0 Å². The lowest BCUT2D eigenvalue weighted by Gasteiger charge is -2.00. The van der Waals surface area contributed by atoms with E-state index < -0.39 is 0 Å². The monoisotopic (exact) mass is 160 g/mol. The van der Waals surface area contributed by atoms with E-state index in [-0.39, 0.29) is 0 Å². The summed E-state index contributed by atoms with van der Waals surface area (Å²) >= 11 is 0. The van der Waals surface area contributed by atoms with Gasteiger partial charge in [-0.15, -0.1) is 0 Å². The quantitative estimate of drug-likeness (QED) is 0.592. The molecule has 1 atom stereocenters. The number of rotatable bonds is 1. The number of fused-ring (bicyclic) bond motifs is 1. The molecule has 1 aromatic rings. The van der Waals surface area contributed by atoms with Crippen molar-refractivity contribution in [3.05, 3.63) is 34.9 Å². The van der Waals surface area contributed by atoms with Gasteiger partial charge in [0.1, 0.15) is 0 Å². The van der Waals surface area contributed by atoms with Crippen LogP contribution in [0.1, 0.15) is 30.5 Å². The van der Waals surface area contributed by atoms with Gasteiger partial charge in [-0.1, -0.05) is 32.0 Å². The Hall–Kier alpha value is -0.780. The second kappa shape index (κ2) is 2.93. The highest BCUT2D eigenvalue weighted by atomic mass is 14.2. The summed E-state index contributed by atoms with van der Waals surface area (Å²) in [5, 5.41) is 0. The Morgan fingerprint density at radius 3 is 2.75 bits per heavy atom. The van der Waals surface area contributed by atoms with Crippen LogP contribution in [-0.2, 0) is 19.3 Å². The minimum absolute atomic E-state index is 0.868. The van der Waals surface area contributed by atoms with Gasteiger partial charge in [0.15, 0.2) is 0 Å². The fraction of sp³-hybridized carbons (Fsp3) is 0.500. The largest absolute Gasteiger partial charge is 0.0619 e. The molecule has 1 aliphatic rings. The second-order valence-electron chi connectivity index (χ2n) is 3.97. The van der Waals surface area contributed by atoms with Crippen LogP contribution in [0, 0.1) is 5.92 Å². The Morgan fingerprint density at radius 2 is 2.00 bits per heavy atom. The highest BCUT2D eigenvalue weighted by Gasteiger charge is 2.16. The molecule has 0 heterocycles. The standard InChI is InChI=1S/C12H16/c1-3-10-4-5-11-6-9(2)7-12(11)8-10/h4-5,8-9H,3,6-7H2,1-2H3. The number of hydrogen-bond donors (Lipinski definition) is 0. The fourth-order valence-corrected chi connectivity index (χ4v) is 2.11. The Bertz CT molecular complexity index is 286. The molecule has 1 aliphatic carbocycles. The summed E-state index contributed by atoms with van der Waals surface area (Å²) in [6.45, 7) is 4.56. The summed E-state index contributed by atoms with van der Waals surface area (Å²) in [5.41, 5.74) is 4.67. The normalized spacial score (nSPS) is 21.0. The zero-order chi connectivity index (χ0) is 8.55. The fourth-order valence-electron chi connectivity index (χ4n) is 2.11. The van der Waals surface area contributed by atoms with Crippen LogP contribution in [0.4, 0.5) is 0 Å². The summed E-state index contributed by atoms with van der Waals surface area (Å²) in [4.78, 5) is 0. The molecule has 2 rings (SSSR count). The molecule has 0 fully saturated rings. The van der Waals surface area contributed by atoms with Gasteiger partial charge in [-0.05, 0) is 41.9 Å². The van der Waals surface area contributed by atoms with Crippen LogP contribution in [0.2, 0.25) is 0 Å². The van der Waals surface area contributed by atoms with Crippen molar-refractivity contribution < 1.29 is 0 Å². The summed E-state index contributed by atoms with van der Waals surface area (Å²) in [6.07, 6.45) is 3.75. The van der Waals surface area contributed by atoms with E-state index in [0.717, 1.165) is 5.92 Å². The van der Waals surface area contributed by atoms with Crippen LogP contribution in [0.3, 0.4) is 0 Å². The highest BCUT2D eigenvalue weighted by molar-refractivity contribution is 5.35. The maximum absolute atomic E-state index is 2.39. The first-order valence-corrected chi connectivity index (χ1v) is 4.90. The molecule has 0 radical (unpaired) electrons. The van der Waals surface area contributed by atoms with Crippen molar-refractivity contribution in [2.75, 3.05) is 0 Å². The van der Waals surface area contributed by atoms with E-state index in [2.05, 4.69) is 32.0 Å². The molecule has 0 spiro atoms. The third kappa shape index (κ3) is 1.26. The zero-order valence-corrected chi connectivity index (χ0v) is 7.93. The molecular formula is C12H16. The molecular weight excluding hydrogens is 144 g/mol. The van der Waals surface area contributed by atoms with Gasteiger partial charge in [-0.25, -0.2) is 0 Å². The Kier molecular flexibility index (Phi) is 1.92. The second-order valence-corrected chi connectivity index (χ2v) is 3.97. The van der Waals surface area contributed by atoms with Crippen molar-refractivity contribution in [2.45, 2.75) is 33.1 Å². The summed E-state index contributed by atoms with van der Waals surface area (Å²) in [6, 6.07) is 6.98. The molecule has 12 heavy (non-hydrogen) atoms. The molecule has 0 N–H and O–H groups in total. The number of benzene rings is 1. The van der Waals surface area contributed by atoms with Crippen molar-refractivity contribution in [3.63, 3.8) is 0 Å². The topological polar surface area (TPSA) is 0 Å². The van der Waals surface area contributed by atoms with Crippen LogP contribution < -0.4 is 0 Å².